The number of aliphatic imine (C=N–C) groups is 1. The van der Waals surface area contributed by atoms with Crippen LogP contribution in [0.25, 0.3) is 0 Å². The van der Waals surface area contributed by atoms with Gasteiger partial charge in [0.2, 0.25) is 0 Å². The van der Waals surface area contributed by atoms with E-state index in [0.29, 0.717) is 11.3 Å². The number of nitrogens with zero attached hydrogens (tertiary/aromatic N) is 1. The van der Waals surface area contributed by atoms with Crippen LogP contribution in [0.15, 0.2) is 41.0 Å². The van der Waals surface area contributed by atoms with E-state index >= 15 is 0 Å². The number of hydrogen-bond acceptors (Lipinski definition) is 1. The Morgan fingerprint density at radius 3 is 2.67 bits per heavy atom. The first-order chi connectivity index (χ1) is 6.94. The van der Waals surface area contributed by atoms with Crippen molar-refractivity contribution in [1.29, 1.82) is 0 Å². The second-order valence-electron chi connectivity index (χ2n) is 3.92. The Bertz CT molecular complexity index is 377. The molecule has 0 saturated carbocycles. The van der Waals surface area contributed by atoms with Crippen LogP contribution >= 0.6 is 0 Å². The molecule has 0 aromatic heterocycles. The molecule has 3 heteroatoms. The number of hydrogen-bond donors (Lipinski definition) is 0. The van der Waals surface area contributed by atoms with Crippen molar-refractivity contribution < 1.29 is 8.78 Å². The lowest BCUT2D eigenvalue weighted by molar-refractivity contribution is 0.424. The lowest BCUT2D eigenvalue weighted by Crippen LogP contribution is -2.25. The zero-order valence-corrected chi connectivity index (χ0v) is 9.27. The molecule has 1 rings (SSSR count). The largest absolute Gasteiger partial charge is 0.293 e. The SMILES string of the molecule is C=C[C@]1(C)CC(F)=CC(F)=C1C(C)=NC. The zero-order valence-electron chi connectivity index (χ0n) is 9.27. The molecular weight excluding hydrogens is 196 g/mol. The van der Waals surface area contributed by atoms with Gasteiger partial charge in [-0.2, -0.15) is 0 Å². The molecule has 15 heavy (non-hydrogen) atoms. The van der Waals surface area contributed by atoms with Crippen LogP contribution in [0.2, 0.25) is 0 Å². The maximum Gasteiger partial charge on any atom is 0.131 e. The molecule has 1 nitrogen and oxygen atoms in total. The summed E-state index contributed by atoms with van der Waals surface area (Å²) in [6, 6.07) is 0. The van der Waals surface area contributed by atoms with Gasteiger partial charge in [0.15, 0.2) is 0 Å². The van der Waals surface area contributed by atoms with Gasteiger partial charge in [0.25, 0.3) is 0 Å². The summed E-state index contributed by atoms with van der Waals surface area (Å²) in [6.07, 6.45) is 2.64. The fourth-order valence-corrected chi connectivity index (χ4v) is 1.84. The van der Waals surface area contributed by atoms with Gasteiger partial charge >= 0.3 is 0 Å². The third-order valence-electron chi connectivity index (χ3n) is 2.78. The molecule has 0 saturated heterocycles. The van der Waals surface area contributed by atoms with Crippen molar-refractivity contribution >= 4 is 5.71 Å². The van der Waals surface area contributed by atoms with Crippen LogP contribution in [0.3, 0.4) is 0 Å². The highest BCUT2D eigenvalue weighted by Gasteiger charge is 2.34. The van der Waals surface area contributed by atoms with Gasteiger partial charge in [-0.25, -0.2) is 8.78 Å². The van der Waals surface area contributed by atoms with Crippen molar-refractivity contribution in [2.24, 2.45) is 10.4 Å². The van der Waals surface area contributed by atoms with E-state index in [2.05, 4.69) is 11.6 Å². The van der Waals surface area contributed by atoms with Gasteiger partial charge in [-0.05, 0) is 6.92 Å². The molecule has 0 fully saturated rings. The molecule has 1 atom stereocenters. The number of allylic oxidation sites excluding steroid dienone is 5. The summed E-state index contributed by atoms with van der Waals surface area (Å²) in [6.45, 7) is 7.12. The first-order valence-electron chi connectivity index (χ1n) is 4.78. The minimum atomic E-state index is -0.702. The van der Waals surface area contributed by atoms with E-state index in [1.807, 2.05) is 0 Å². The van der Waals surface area contributed by atoms with Crippen LogP contribution in [0.1, 0.15) is 20.3 Å². The van der Waals surface area contributed by atoms with Gasteiger partial charge in [-0.15, -0.1) is 6.58 Å². The lowest BCUT2D eigenvalue weighted by Gasteiger charge is -2.31. The van der Waals surface area contributed by atoms with Crippen LogP contribution in [0, 0.1) is 5.41 Å². The maximum atomic E-state index is 13.7. The van der Waals surface area contributed by atoms with Crippen LogP contribution in [0.4, 0.5) is 8.78 Å². The standard InChI is InChI=1S/C12H15F2N/c1-5-12(3)7-9(13)6-10(14)11(12)8(2)15-4/h5-6H,1,7H2,2-4H3/t12-/m1/s1. The maximum absolute atomic E-state index is 13.7. The molecule has 0 N–H and O–H groups in total. The Hall–Kier alpha value is -1.25. The molecule has 0 heterocycles. The molecule has 0 bridgehead atoms. The smallest absolute Gasteiger partial charge is 0.131 e. The van der Waals surface area contributed by atoms with E-state index in [1.165, 1.54) is 0 Å². The summed E-state index contributed by atoms with van der Waals surface area (Å²) < 4.78 is 26.8. The molecule has 0 unspecified atom stereocenters. The summed E-state index contributed by atoms with van der Waals surface area (Å²) in [4.78, 5) is 3.95. The molecule has 1 aliphatic carbocycles. The normalized spacial score (nSPS) is 27.8. The van der Waals surface area contributed by atoms with Gasteiger partial charge in [-0.1, -0.05) is 13.0 Å². The fourth-order valence-electron chi connectivity index (χ4n) is 1.84. The Morgan fingerprint density at radius 2 is 2.20 bits per heavy atom. The summed E-state index contributed by atoms with van der Waals surface area (Å²) in [5, 5.41) is 0. The average molecular weight is 211 g/mol. The lowest BCUT2D eigenvalue weighted by atomic mass is 9.74. The fraction of sp³-hybridized carbons (Fsp3) is 0.417. The Morgan fingerprint density at radius 1 is 1.60 bits per heavy atom. The van der Waals surface area contributed by atoms with Crippen LogP contribution < -0.4 is 0 Å². The molecule has 0 aromatic rings. The third-order valence-corrected chi connectivity index (χ3v) is 2.78. The van der Waals surface area contributed by atoms with Crippen LogP contribution in [-0.2, 0) is 0 Å². The van der Waals surface area contributed by atoms with E-state index in [0.717, 1.165) is 6.08 Å². The average Bonchev–Trinajstić information content (AvgIpc) is 2.16. The van der Waals surface area contributed by atoms with E-state index in [9.17, 15) is 8.78 Å². The highest BCUT2D eigenvalue weighted by molar-refractivity contribution is 6.00. The summed E-state index contributed by atoms with van der Waals surface area (Å²) in [5.41, 5.74) is 0.312. The van der Waals surface area contributed by atoms with Gasteiger partial charge in [0.05, 0.1) is 0 Å². The first-order valence-corrected chi connectivity index (χ1v) is 4.78. The Kier molecular flexibility index (Phi) is 3.22. The number of halogens is 2. The molecule has 0 spiro atoms. The van der Waals surface area contributed by atoms with Crippen molar-refractivity contribution in [3.63, 3.8) is 0 Å². The molecule has 0 aliphatic heterocycles. The van der Waals surface area contributed by atoms with Crippen molar-refractivity contribution in [3.8, 4) is 0 Å². The Labute approximate surface area is 88.9 Å². The molecule has 0 amide bonds. The molecule has 0 aromatic carbocycles. The van der Waals surface area contributed by atoms with Crippen molar-refractivity contribution in [1.82, 2.24) is 0 Å². The van der Waals surface area contributed by atoms with Gasteiger partial charge in [-0.3, -0.25) is 4.99 Å². The third kappa shape index (κ3) is 2.06. The Balaban J connectivity index is 3.37. The van der Waals surface area contributed by atoms with Gasteiger partial charge in [0, 0.05) is 36.2 Å². The minimum Gasteiger partial charge on any atom is -0.293 e. The zero-order chi connectivity index (χ0) is 11.6. The minimum absolute atomic E-state index is 0.145. The highest BCUT2D eigenvalue weighted by atomic mass is 19.1. The monoisotopic (exact) mass is 211 g/mol. The van der Waals surface area contributed by atoms with Crippen molar-refractivity contribution in [3.05, 3.63) is 36.0 Å². The number of rotatable bonds is 2. The van der Waals surface area contributed by atoms with Crippen LogP contribution in [-0.4, -0.2) is 12.8 Å². The topological polar surface area (TPSA) is 12.4 Å². The predicted molar refractivity (Wildman–Crippen MR) is 59.3 cm³/mol. The predicted octanol–water partition coefficient (Wildman–Crippen LogP) is 3.75. The van der Waals surface area contributed by atoms with Crippen molar-refractivity contribution in [2.45, 2.75) is 20.3 Å². The molecular formula is C12H15F2N. The van der Waals surface area contributed by atoms with E-state index < -0.39 is 17.1 Å². The van der Waals surface area contributed by atoms with Crippen LogP contribution in [0.5, 0.6) is 0 Å². The first kappa shape index (κ1) is 11.8. The van der Waals surface area contributed by atoms with E-state index in [4.69, 9.17) is 0 Å². The highest BCUT2D eigenvalue weighted by Crippen LogP contribution is 2.42. The molecule has 0 radical (unpaired) electrons. The molecule has 82 valence electrons. The summed E-state index contributed by atoms with van der Waals surface area (Å²) >= 11 is 0. The summed E-state index contributed by atoms with van der Waals surface area (Å²) in [5.74, 6) is -1.01. The second kappa shape index (κ2) is 4.09. The van der Waals surface area contributed by atoms with Crippen molar-refractivity contribution in [2.75, 3.05) is 7.05 Å². The second-order valence-corrected chi connectivity index (χ2v) is 3.92. The van der Waals surface area contributed by atoms with E-state index in [1.54, 1.807) is 27.0 Å². The molecule has 1 aliphatic rings. The van der Waals surface area contributed by atoms with E-state index in [-0.39, 0.29) is 6.42 Å². The summed E-state index contributed by atoms with van der Waals surface area (Å²) in [7, 11) is 1.59. The quantitative estimate of drug-likeness (QED) is 0.487. The van der Waals surface area contributed by atoms with Gasteiger partial charge < -0.3 is 0 Å². The van der Waals surface area contributed by atoms with Gasteiger partial charge in [0.1, 0.15) is 11.7 Å².